The SMILES string of the molecule is CC(C)(C)OC(=O)CC(C[P+](c1ccccc1)(c1ccccc1)c1ccccc1)NC(=O)OC(C)(C)C.[I-]. The van der Waals surface area contributed by atoms with Crippen molar-refractivity contribution in [2.75, 3.05) is 6.16 Å². The second-order valence-electron chi connectivity index (χ2n) is 11.1. The average molecular weight is 648 g/mol. The monoisotopic (exact) mass is 647 g/mol. The van der Waals surface area contributed by atoms with Crippen LogP contribution in [0.25, 0.3) is 0 Å². The van der Waals surface area contributed by atoms with E-state index in [9.17, 15) is 9.59 Å². The highest BCUT2D eigenvalue weighted by molar-refractivity contribution is 7.95. The van der Waals surface area contributed by atoms with Crippen molar-refractivity contribution in [3.63, 3.8) is 0 Å². The van der Waals surface area contributed by atoms with E-state index in [-0.39, 0.29) is 36.4 Å². The molecule has 0 aliphatic rings. The van der Waals surface area contributed by atoms with Gasteiger partial charge < -0.3 is 38.8 Å². The number of benzene rings is 3. The number of hydrogen-bond donors (Lipinski definition) is 1. The summed E-state index contributed by atoms with van der Waals surface area (Å²) in [6.45, 7) is 11.0. The van der Waals surface area contributed by atoms with Crippen LogP contribution in [-0.4, -0.2) is 35.5 Å². The summed E-state index contributed by atoms with van der Waals surface area (Å²) in [6, 6.07) is 30.6. The van der Waals surface area contributed by atoms with Gasteiger partial charge in [0.1, 0.15) is 34.4 Å². The van der Waals surface area contributed by atoms with Crippen molar-refractivity contribution in [2.24, 2.45) is 0 Å². The number of carbonyl (C=O) groups is 2. The van der Waals surface area contributed by atoms with Gasteiger partial charge in [0.25, 0.3) is 0 Å². The molecule has 3 aromatic carbocycles. The Morgan fingerprint density at radius 2 is 1.05 bits per heavy atom. The number of alkyl carbamates (subject to hydrolysis) is 1. The first-order valence-electron chi connectivity index (χ1n) is 12.7. The molecule has 0 aliphatic heterocycles. The predicted molar refractivity (Wildman–Crippen MR) is 154 cm³/mol. The fraction of sp³-hybridized carbons (Fsp3) is 0.355. The van der Waals surface area contributed by atoms with E-state index in [4.69, 9.17) is 9.47 Å². The molecule has 0 spiro atoms. The Morgan fingerprint density at radius 1 is 0.684 bits per heavy atom. The zero-order chi connectivity index (χ0) is 27.1. The smallest absolute Gasteiger partial charge is 0.408 e. The normalized spacial score (nSPS) is 12.6. The highest BCUT2D eigenvalue weighted by atomic mass is 127. The van der Waals surface area contributed by atoms with Crippen LogP contribution >= 0.6 is 7.26 Å². The summed E-state index contributed by atoms with van der Waals surface area (Å²) in [4.78, 5) is 26.0. The van der Waals surface area contributed by atoms with E-state index in [1.807, 2.05) is 96.1 Å². The molecule has 3 aromatic rings. The van der Waals surface area contributed by atoms with Crippen LogP contribution in [0.4, 0.5) is 4.79 Å². The fourth-order valence-corrected chi connectivity index (χ4v) is 8.81. The minimum atomic E-state index is -2.30. The van der Waals surface area contributed by atoms with Crippen molar-refractivity contribution in [1.82, 2.24) is 5.32 Å². The number of hydrogen-bond acceptors (Lipinski definition) is 4. The third-order valence-electron chi connectivity index (χ3n) is 5.64. The van der Waals surface area contributed by atoms with Crippen molar-refractivity contribution in [1.29, 1.82) is 0 Å². The highest BCUT2D eigenvalue weighted by Crippen LogP contribution is 2.56. The van der Waals surface area contributed by atoms with Crippen LogP contribution in [0, 0.1) is 0 Å². The van der Waals surface area contributed by atoms with Crippen LogP contribution in [0.5, 0.6) is 0 Å². The maximum absolute atomic E-state index is 13.0. The Bertz CT molecular complexity index is 1030. The Kier molecular flexibility index (Phi) is 11.3. The number of halogens is 1. The van der Waals surface area contributed by atoms with Crippen molar-refractivity contribution in [2.45, 2.75) is 65.2 Å². The Hall–Kier alpha value is -2.44. The lowest BCUT2D eigenvalue weighted by Gasteiger charge is -2.32. The summed E-state index contributed by atoms with van der Waals surface area (Å²) >= 11 is 0. The number of ether oxygens (including phenoxy) is 2. The number of rotatable bonds is 8. The summed E-state index contributed by atoms with van der Waals surface area (Å²) in [5, 5.41) is 6.54. The van der Waals surface area contributed by atoms with E-state index in [1.54, 1.807) is 0 Å². The average Bonchev–Trinajstić information content (AvgIpc) is 2.81. The molecule has 3 rings (SSSR count). The second-order valence-corrected chi connectivity index (χ2v) is 14.7. The molecule has 1 unspecified atom stereocenters. The van der Waals surface area contributed by atoms with Gasteiger partial charge in [-0.25, -0.2) is 4.79 Å². The molecule has 204 valence electrons. The summed E-state index contributed by atoms with van der Waals surface area (Å²) in [7, 11) is -2.30. The minimum Gasteiger partial charge on any atom is -1.00 e. The van der Waals surface area contributed by atoms with Crippen molar-refractivity contribution in [3.05, 3.63) is 91.0 Å². The molecule has 0 radical (unpaired) electrons. The first-order valence-corrected chi connectivity index (χ1v) is 14.6. The predicted octanol–water partition coefficient (Wildman–Crippen LogP) is 2.61. The number of amides is 1. The molecule has 5 nitrogen and oxygen atoms in total. The van der Waals surface area contributed by atoms with Gasteiger partial charge in [0.15, 0.2) is 0 Å². The molecule has 0 aliphatic carbocycles. The lowest BCUT2D eigenvalue weighted by atomic mass is 10.2. The molecule has 7 heteroatoms. The number of nitrogens with one attached hydrogen (secondary N) is 1. The Balaban J connectivity index is 0.00000507. The van der Waals surface area contributed by atoms with E-state index in [2.05, 4.69) is 41.7 Å². The van der Waals surface area contributed by atoms with Gasteiger partial charge in [-0.1, -0.05) is 54.6 Å². The third-order valence-corrected chi connectivity index (χ3v) is 10.2. The van der Waals surface area contributed by atoms with Crippen molar-refractivity contribution in [3.8, 4) is 0 Å². The summed E-state index contributed by atoms with van der Waals surface area (Å²) in [6.07, 6.45) is 0.0159. The van der Waals surface area contributed by atoms with Gasteiger partial charge in [0.2, 0.25) is 0 Å². The lowest BCUT2D eigenvalue weighted by molar-refractivity contribution is -0.155. The Labute approximate surface area is 245 Å². The zero-order valence-electron chi connectivity index (χ0n) is 23.1. The van der Waals surface area contributed by atoms with Crippen LogP contribution in [0.3, 0.4) is 0 Å². The Morgan fingerprint density at radius 3 is 1.39 bits per heavy atom. The number of esters is 1. The van der Waals surface area contributed by atoms with E-state index >= 15 is 0 Å². The molecule has 38 heavy (non-hydrogen) atoms. The standard InChI is InChI=1S/C31H38NO4P.HI/c1-30(2,3)35-28(33)22-24(32-29(34)36-31(4,5)6)23-37(25-16-10-7-11-17-25,26-18-12-8-13-19-26)27-20-14-9-15-21-27;/h7-21,24H,22-23H2,1-6H3;1H. The van der Waals surface area contributed by atoms with Gasteiger partial charge in [-0.2, -0.15) is 0 Å². The molecular weight excluding hydrogens is 608 g/mol. The second kappa shape index (κ2) is 13.6. The number of carbonyl (C=O) groups excluding carboxylic acids is 2. The molecule has 0 saturated heterocycles. The molecule has 0 heterocycles. The van der Waals surface area contributed by atoms with Gasteiger partial charge in [-0.3, -0.25) is 4.79 Å². The first-order chi connectivity index (χ1) is 17.4. The summed E-state index contributed by atoms with van der Waals surface area (Å²) < 4.78 is 11.3. The summed E-state index contributed by atoms with van der Waals surface area (Å²) in [5.74, 6) is -0.360. The van der Waals surface area contributed by atoms with Crippen LogP contribution in [0.15, 0.2) is 91.0 Å². The van der Waals surface area contributed by atoms with Gasteiger partial charge in [-0.05, 0) is 77.9 Å². The van der Waals surface area contributed by atoms with Crippen LogP contribution in [0.1, 0.15) is 48.0 Å². The molecular formula is C31H39INO4P. The van der Waals surface area contributed by atoms with Crippen LogP contribution < -0.4 is 45.2 Å². The lowest BCUT2D eigenvalue weighted by Crippen LogP contribution is -3.00. The van der Waals surface area contributed by atoms with E-state index in [1.165, 1.54) is 15.9 Å². The molecule has 1 atom stereocenters. The van der Waals surface area contributed by atoms with E-state index in [0.29, 0.717) is 6.16 Å². The van der Waals surface area contributed by atoms with Gasteiger partial charge in [0.05, 0.1) is 18.6 Å². The molecule has 0 bridgehead atoms. The fourth-order valence-electron chi connectivity index (χ4n) is 4.36. The highest BCUT2D eigenvalue weighted by Gasteiger charge is 2.48. The molecule has 0 fully saturated rings. The third kappa shape index (κ3) is 9.09. The van der Waals surface area contributed by atoms with Crippen LogP contribution in [0.2, 0.25) is 0 Å². The maximum atomic E-state index is 13.0. The minimum absolute atomic E-state index is 0. The topological polar surface area (TPSA) is 64.6 Å². The maximum Gasteiger partial charge on any atom is 0.408 e. The van der Waals surface area contributed by atoms with Gasteiger partial charge in [0, 0.05) is 0 Å². The van der Waals surface area contributed by atoms with Crippen molar-refractivity contribution < 1.29 is 43.0 Å². The van der Waals surface area contributed by atoms with E-state index in [0.717, 1.165) is 0 Å². The molecule has 0 saturated carbocycles. The molecule has 1 N–H and O–H groups in total. The van der Waals surface area contributed by atoms with Gasteiger partial charge >= 0.3 is 12.1 Å². The molecule has 1 amide bonds. The first kappa shape index (κ1) is 31.8. The molecule has 0 aromatic heterocycles. The van der Waals surface area contributed by atoms with Crippen LogP contribution in [-0.2, 0) is 14.3 Å². The van der Waals surface area contributed by atoms with Gasteiger partial charge in [-0.15, -0.1) is 0 Å². The van der Waals surface area contributed by atoms with E-state index < -0.39 is 30.6 Å². The van der Waals surface area contributed by atoms with Crippen molar-refractivity contribution >= 4 is 35.2 Å². The zero-order valence-corrected chi connectivity index (χ0v) is 26.2. The summed E-state index contributed by atoms with van der Waals surface area (Å²) in [5.41, 5.74) is -1.29. The largest absolute Gasteiger partial charge is 1.00 e. The quantitative estimate of drug-likeness (QED) is 0.232.